The fourth-order valence-electron chi connectivity index (χ4n) is 1.09. The molecule has 7 nitrogen and oxygen atoms in total. The van der Waals surface area contributed by atoms with Gasteiger partial charge in [-0.1, -0.05) is 6.92 Å². The van der Waals surface area contributed by atoms with Crippen LogP contribution in [0.3, 0.4) is 0 Å². The Morgan fingerprint density at radius 2 is 2.06 bits per heavy atom. The number of Topliss-reactive ketones (excluding diaryl/α,β-unsaturated/α-hetero) is 1. The lowest BCUT2D eigenvalue weighted by molar-refractivity contribution is -0.384. The Bertz CT molecular complexity index is 506. The molecule has 0 aromatic heterocycles. The standard InChI is InChI=1S/C11H11N3O4/c1-2-11(16)10(7-15)13-12-8-3-5-9(6-4-8)14(17)18/h3-7,15H,2H2,1H3/b10-7+,13-12?. The molecule has 0 saturated carbocycles. The number of aliphatic hydroxyl groups is 1. The predicted octanol–water partition coefficient (Wildman–Crippen LogP) is 3.06. The van der Waals surface area contributed by atoms with Gasteiger partial charge in [-0.25, -0.2) is 0 Å². The van der Waals surface area contributed by atoms with Crippen molar-refractivity contribution in [1.29, 1.82) is 0 Å². The summed E-state index contributed by atoms with van der Waals surface area (Å²) in [6, 6.07) is 5.34. The molecule has 7 heteroatoms. The molecule has 0 unspecified atom stereocenters. The Balaban J connectivity index is 2.84. The number of ketones is 1. The molecule has 94 valence electrons. The van der Waals surface area contributed by atoms with Gasteiger partial charge in [0.15, 0.2) is 11.5 Å². The van der Waals surface area contributed by atoms with Gasteiger partial charge in [-0.15, -0.1) is 5.11 Å². The van der Waals surface area contributed by atoms with Crippen LogP contribution in [-0.4, -0.2) is 15.8 Å². The summed E-state index contributed by atoms with van der Waals surface area (Å²) in [5, 5.41) is 26.5. The van der Waals surface area contributed by atoms with Gasteiger partial charge in [-0.3, -0.25) is 14.9 Å². The van der Waals surface area contributed by atoms with E-state index in [1.807, 2.05) is 0 Å². The van der Waals surface area contributed by atoms with Crippen LogP contribution in [0.25, 0.3) is 0 Å². The average Bonchev–Trinajstić information content (AvgIpc) is 2.39. The van der Waals surface area contributed by atoms with Crippen LogP contribution in [0.1, 0.15) is 13.3 Å². The first kappa shape index (κ1) is 13.5. The molecule has 0 radical (unpaired) electrons. The first-order valence-electron chi connectivity index (χ1n) is 5.12. The Morgan fingerprint density at radius 3 is 2.50 bits per heavy atom. The highest BCUT2D eigenvalue weighted by Gasteiger charge is 2.06. The smallest absolute Gasteiger partial charge is 0.269 e. The van der Waals surface area contributed by atoms with Crippen molar-refractivity contribution in [3.05, 3.63) is 46.3 Å². The van der Waals surface area contributed by atoms with Crippen molar-refractivity contribution < 1.29 is 14.8 Å². The minimum absolute atomic E-state index is 0.0588. The second-order valence-electron chi connectivity index (χ2n) is 3.26. The molecule has 1 aromatic carbocycles. The number of allylic oxidation sites excluding steroid dienone is 1. The zero-order valence-electron chi connectivity index (χ0n) is 9.61. The third-order valence-corrected chi connectivity index (χ3v) is 2.06. The number of carbonyl (C=O) groups excluding carboxylic acids is 1. The van der Waals surface area contributed by atoms with Crippen molar-refractivity contribution in [2.24, 2.45) is 10.2 Å². The van der Waals surface area contributed by atoms with Crippen molar-refractivity contribution >= 4 is 17.2 Å². The first-order valence-corrected chi connectivity index (χ1v) is 5.12. The van der Waals surface area contributed by atoms with Crippen LogP contribution in [0.4, 0.5) is 11.4 Å². The molecule has 0 aliphatic rings. The molecule has 1 N–H and O–H groups in total. The molecule has 1 rings (SSSR count). The van der Waals surface area contributed by atoms with Crippen molar-refractivity contribution in [3.63, 3.8) is 0 Å². The van der Waals surface area contributed by atoms with E-state index in [2.05, 4.69) is 10.2 Å². The van der Waals surface area contributed by atoms with Crippen molar-refractivity contribution in [2.75, 3.05) is 0 Å². The van der Waals surface area contributed by atoms with Gasteiger partial charge in [0.05, 0.1) is 10.6 Å². The maximum Gasteiger partial charge on any atom is 0.269 e. The SMILES string of the molecule is CCC(=O)/C(=C\O)N=Nc1ccc([N+](=O)[O-])cc1. The summed E-state index contributed by atoms with van der Waals surface area (Å²) in [4.78, 5) is 21.1. The summed E-state index contributed by atoms with van der Waals surface area (Å²) >= 11 is 0. The Kier molecular flexibility index (Phi) is 4.67. The van der Waals surface area contributed by atoms with E-state index in [9.17, 15) is 14.9 Å². The highest BCUT2D eigenvalue weighted by molar-refractivity contribution is 5.94. The lowest BCUT2D eigenvalue weighted by Crippen LogP contribution is -1.97. The number of nitrogens with zero attached hydrogens (tertiary/aromatic N) is 3. The first-order chi connectivity index (χ1) is 8.58. The molecule has 0 spiro atoms. The van der Waals surface area contributed by atoms with Gasteiger partial charge in [-0.2, -0.15) is 5.11 Å². The zero-order valence-corrected chi connectivity index (χ0v) is 9.61. The summed E-state index contributed by atoms with van der Waals surface area (Å²) < 4.78 is 0. The number of azo groups is 1. The van der Waals surface area contributed by atoms with Crippen molar-refractivity contribution in [2.45, 2.75) is 13.3 Å². The third kappa shape index (κ3) is 3.48. The molecule has 0 fully saturated rings. The topological polar surface area (TPSA) is 105 Å². The number of nitro benzene ring substituents is 1. The van der Waals surface area contributed by atoms with Gasteiger partial charge in [0.1, 0.15) is 6.26 Å². The number of hydrogen-bond acceptors (Lipinski definition) is 6. The lowest BCUT2D eigenvalue weighted by atomic mass is 10.2. The zero-order chi connectivity index (χ0) is 13.5. The monoisotopic (exact) mass is 249 g/mol. The van der Waals surface area contributed by atoms with Gasteiger partial charge in [0.2, 0.25) is 0 Å². The van der Waals surface area contributed by atoms with Crippen LogP contribution in [-0.2, 0) is 4.79 Å². The minimum Gasteiger partial charge on any atom is -0.513 e. The second kappa shape index (κ2) is 6.24. The molecule has 0 amide bonds. The van der Waals surface area contributed by atoms with E-state index in [0.29, 0.717) is 11.9 Å². The van der Waals surface area contributed by atoms with Crippen LogP contribution < -0.4 is 0 Å². The number of benzene rings is 1. The van der Waals surface area contributed by atoms with E-state index in [4.69, 9.17) is 5.11 Å². The molecule has 0 atom stereocenters. The fraction of sp³-hybridized carbons (Fsp3) is 0.182. The summed E-state index contributed by atoms with van der Waals surface area (Å²) in [6.45, 7) is 1.63. The van der Waals surface area contributed by atoms with Crippen LogP contribution in [0.2, 0.25) is 0 Å². The highest BCUT2D eigenvalue weighted by Crippen LogP contribution is 2.19. The maximum absolute atomic E-state index is 11.2. The van der Waals surface area contributed by atoms with Gasteiger partial charge < -0.3 is 5.11 Å². The normalized spacial score (nSPS) is 11.7. The maximum atomic E-state index is 11.2. The van der Waals surface area contributed by atoms with E-state index in [1.165, 1.54) is 24.3 Å². The van der Waals surface area contributed by atoms with Crippen LogP contribution in [0.15, 0.2) is 46.5 Å². The molecule has 0 aliphatic carbocycles. The molecule has 0 bridgehead atoms. The molecule has 1 aromatic rings. The Hall–Kier alpha value is -2.57. The Morgan fingerprint density at radius 1 is 1.44 bits per heavy atom. The van der Waals surface area contributed by atoms with E-state index in [0.717, 1.165) is 0 Å². The van der Waals surface area contributed by atoms with Crippen LogP contribution in [0.5, 0.6) is 0 Å². The third-order valence-electron chi connectivity index (χ3n) is 2.06. The van der Waals surface area contributed by atoms with Gasteiger partial charge in [0.25, 0.3) is 5.69 Å². The van der Waals surface area contributed by atoms with Crippen LogP contribution in [0, 0.1) is 10.1 Å². The van der Waals surface area contributed by atoms with Crippen molar-refractivity contribution in [3.8, 4) is 0 Å². The number of aliphatic hydroxyl groups excluding tert-OH is 1. The fourth-order valence-corrected chi connectivity index (χ4v) is 1.09. The summed E-state index contributed by atoms with van der Waals surface area (Å²) in [7, 11) is 0. The van der Waals surface area contributed by atoms with Crippen molar-refractivity contribution in [1.82, 2.24) is 0 Å². The van der Waals surface area contributed by atoms with Crippen LogP contribution >= 0.6 is 0 Å². The lowest BCUT2D eigenvalue weighted by Gasteiger charge is -1.95. The molecular formula is C11H11N3O4. The Labute approximate surface area is 103 Å². The molecule has 0 aliphatic heterocycles. The quantitative estimate of drug-likeness (QED) is 0.284. The largest absolute Gasteiger partial charge is 0.513 e. The van der Waals surface area contributed by atoms with E-state index in [1.54, 1.807) is 6.92 Å². The molecule has 18 heavy (non-hydrogen) atoms. The summed E-state index contributed by atoms with van der Waals surface area (Å²) in [5.41, 5.74) is 0.135. The number of nitro groups is 1. The van der Waals surface area contributed by atoms with E-state index >= 15 is 0 Å². The number of non-ortho nitro benzene ring substituents is 1. The van der Waals surface area contributed by atoms with Gasteiger partial charge in [0, 0.05) is 18.6 Å². The minimum atomic E-state index is -0.527. The second-order valence-corrected chi connectivity index (χ2v) is 3.26. The molecule has 0 heterocycles. The number of rotatable bonds is 5. The molecule has 0 saturated heterocycles. The van der Waals surface area contributed by atoms with E-state index in [-0.39, 0.29) is 23.6 Å². The average molecular weight is 249 g/mol. The number of carbonyl (C=O) groups is 1. The van der Waals surface area contributed by atoms with E-state index < -0.39 is 4.92 Å². The summed E-state index contributed by atoms with van der Waals surface area (Å²) in [6.07, 6.45) is 0.784. The predicted molar refractivity (Wildman–Crippen MR) is 63.6 cm³/mol. The van der Waals surface area contributed by atoms with Gasteiger partial charge in [-0.05, 0) is 12.1 Å². The molecular weight excluding hydrogens is 238 g/mol. The number of hydrogen-bond donors (Lipinski definition) is 1. The van der Waals surface area contributed by atoms with Gasteiger partial charge >= 0.3 is 0 Å². The summed E-state index contributed by atoms with van der Waals surface area (Å²) in [5.74, 6) is -0.344. The highest BCUT2D eigenvalue weighted by atomic mass is 16.6.